The van der Waals surface area contributed by atoms with Crippen LogP contribution in [0.25, 0.3) is 21.6 Å². The molecule has 5 rings (SSSR count). The Kier molecular flexibility index (Phi) is 5.40. The van der Waals surface area contributed by atoms with Crippen molar-refractivity contribution in [1.82, 2.24) is 4.90 Å². The molecule has 30 heavy (non-hydrogen) atoms. The fourth-order valence-corrected chi connectivity index (χ4v) is 5.74. The van der Waals surface area contributed by atoms with Gasteiger partial charge in [0.05, 0.1) is 12.7 Å². The van der Waals surface area contributed by atoms with Crippen molar-refractivity contribution in [2.75, 3.05) is 20.6 Å². The van der Waals surface area contributed by atoms with Gasteiger partial charge >= 0.3 is 0 Å². The molecule has 0 N–H and O–H groups in total. The number of aryl methyl sites for hydroxylation is 2. The van der Waals surface area contributed by atoms with Crippen LogP contribution in [0.3, 0.4) is 0 Å². The minimum Gasteiger partial charge on any atom is -0.456 e. The van der Waals surface area contributed by atoms with Crippen LogP contribution in [0.15, 0.2) is 42.5 Å². The molecule has 0 spiro atoms. The number of fused-ring (bicyclic) bond motifs is 6. The molecule has 1 aliphatic heterocycles. The molecule has 0 saturated carbocycles. The second-order valence-electron chi connectivity index (χ2n) is 8.76. The number of likely N-dealkylation sites (N-methyl/N-ethyl adjacent to an activating group) is 1. The Hall–Kier alpha value is -2.14. The van der Waals surface area contributed by atoms with E-state index >= 15 is 0 Å². The van der Waals surface area contributed by atoms with E-state index in [0.717, 1.165) is 24.5 Å². The summed E-state index contributed by atoms with van der Waals surface area (Å²) in [6, 6.07) is 15.4. The topological polar surface area (TPSA) is 21.7 Å². The Morgan fingerprint density at radius 3 is 2.53 bits per heavy atom. The van der Waals surface area contributed by atoms with E-state index in [-0.39, 0.29) is 6.10 Å². The molecule has 3 aromatic rings. The summed E-state index contributed by atoms with van der Waals surface area (Å²) in [5, 5.41) is 0. The van der Waals surface area contributed by atoms with Crippen molar-refractivity contribution in [3.05, 3.63) is 58.5 Å². The lowest BCUT2D eigenvalue weighted by atomic mass is 9.89. The highest BCUT2D eigenvalue weighted by molar-refractivity contribution is 7.16. The molecule has 0 radical (unpaired) electrons. The monoisotopic (exact) mass is 419 g/mol. The van der Waals surface area contributed by atoms with Gasteiger partial charge in [-0.1, -0.05) is 18.2 Å². The minimum atomic E-state index is 0.205. The van der Waals surface area contributed by atoms with Crippen LogP contribution in [-0.4, -0.2) is 31.6 Å². The van der Waals surface area contributed by atoms with Gasteiger partial charge < -0.3 is 14.4 Å². The summed E-state index contributed by atoms with van der Waals surface area (Å²) in [6.45, 7) is 3.72. The molecule has 2 heterocycles. The van der Waals surface area contributed by atoms with E-state index in [4.69, 9.17) is 9.47 Å². The minimum absolute atomic E-state index is 0.205. The maximum absolute atomic E-state index is 6.46. The first-order chi connectivity index (χ1) is 14.6. The number of rotatable bonds is 5. The molecule has 1 unspecified atom stereocenters. The largest absolute Gasteiger partial charge is 0.456 e. The molecule has 4 heteroatoms. The average molecular weight is 420 g/mol. The lowest BCUT2D eigenvalue weighted by molar-refractivity contribution is 0.0379. The van der Waals surface area contributed by atoms with Crippen molar-refractivity contribution in [1.29, 1.82) is 0 Å². The molecule has 2 aliphatic rings. The van der Waals surface area contributed by atoms with Crippen LogP contribution in [0.5, 0.6) is 11.5 Å². The first kappa shape index (κ1) is 19.8. The van der Waals surface area contributed by atoms with Crippen LogP contribution in [0, 0.1) is 0 Å². The number of benzene rings is 2. The third kappa shape index (κ3) is 3.80. The molecule has 1 atom stereocenters. The SMILES string of the molecule is CC(CN(C)C)OCc1cc2c(s1)-c1cc3c(cc1Oc1ccccc1-2)CCCC3. The zero-order chi connectivity index (χ0) is 20.7. The number of hydrogen-bond acceptors (Lipinski definition) is 4. The van der Waals surface area contributed by atoms with Gasteiger partial charge in [0.2, 0.25) is 0 Å². The van der Waals surface area contributed by atoms with E-state index < -0.39 is 0 Å². The Labute approximate surface area is 183 Å². The fourth-order valence-electron chi connectivity index (χ4n) is 4.63. The highest BCUT2D eigenvalue weighted by Crippen LogP contribution is 2.51. The van der Waals surface area contributed by atoms with E-state index in [2.05, 4.69) is 68.4 Å². The van der Waals surface area contributed by atoms with Gasteiger partial charge in [0.15, 0.2) is 0 Å². The van der Waals surface area contributed by atoms with Gasteiger partial charge in [-0.15, -0.1) is 11.3 Å². The number of thiophene rings is 1. The molecule has 0 bridgehead atoms. The van der Waals surface area contributed by atoms with Crippen molar-refractivity contribution in [3.8, 4) is 33.1 Å². The molecule has 156 valence electrons. The summed E-state index contributed by atoms with van der Waals surface area (Å²) in [5.41, 5.74) is 6.62. The summed E-state index contributed by atoms with van der Waals surface area (Å²) in [6.07, 6.45) is 5.10. The number of para-hydroxylation sites is 1. The van der Waals surface area contributed by atoms with Crippen LogP contribution in [0.1, 0.15) is 35.8 Å². The van der Waals surface area contributed by atoms with Gasteiger partial charge in [0.1, 0.15) is 11.5 Å². The Bertz CT molecular complexity index is 1070. The predicted octanol–water partition coefficient (Wildman–Crippen LogP) is 6.53. The molecule has 1 aromatic heterocycles. The van der Waals surface area contributed by atoms with E-state index in [1.807, 2.05) is 11.3 Å². The molecular formula is C26H29NO2S. The highest BCUT2D eigenvalue weighted by atomic mass is 32.1. The van der Waals surface area contributed by atoms with E-state index in [0.29, 0.717) is 6.61 Å². The van der Waals surface area contributed by atoms with Crippen molar-refractivity contribution in [3.63, 3.8) is 0 Å². The zero-order valence-corrected chi connectivity index (χ0v) is 18.8. The van der Waals surface area contributed by atoms with Crippen LogP contribution >= 0.6 is 11.3 Å². The fraction of sp³-hybridized carbons (Fsp3) is 0.385. The Morgan fingerprint density at radius 1 is 0.967 bits per heavy atom. The van der Waals surface area contributed by atoms with Gasteiger partial charge in [0.25, 0.3) is 0 Å². The van der Waals surface area contributed by atoms with Crippen molar-refractivity contribution in [2.45, 2.75) is 45.3 Å². The molecule has 0 saturated heterocycles. The van der Waals surface area contributed by atoms with E-state index in [1.54, 1.807) is 0 Å². The number of ether oxygens (including phenoxy) is 2. The summed E-state index contributed by atoms with van der Waals surface area (Å²) < 4.78 is 12.6. The van der Waals surface area contributed by atoms with Crippen molar-refractivity contribution >= 4 is 11.3 Å². The molecular weight excluding hydrogens is 390 g/mol. The van der Waals surface area contributed by atoms with Gasteiger partial charge in [-0.3, -0.25) is 0 Å². The zero-order valence-electron chi connectivity index (χ0n) is 18.0. The van der Waals surface area contributed by atoms with E-state index in [1.165, 1.54) is 56.8 Å². The summed E-state index contributed by atoms with van der Waals surface area (Å²) in [7, 11) is 4.17. The normalized spacial score (nSPS) is 15.5. The quantitative estimate of drug-likeness (QED) is 0.367. The highest BCUT2D eigenvalue weighted by Gasteiger charge is 2.25. The molecule has 0 amide bonds. The summed E-state index contributed by atoms with van der Waals surface area (Å²) >= 11 is 1.85. The molecule has 1 aliphatic carbocycles. The second kappa shape index (κ2) is 8.18. The lowest BCUT2D eigenvalue weighted by Gasteiger charge is -2.19. The standard InChI is InChI=1S/C26H29NO2S/c1-17(15-27(2)3)28-16-20-14-22-21-10-6-7-11-24(21)29-25-13-19-9-5-4-8-18(19)12-23(25)26(22)30-20/h6-7,10-14,17H,4-5,8-9,15-16H2,1-3H3. The van der Waals surface area contributed by atoms with Crippen molar-refractivity contribution < 1.29 is 9.47 Å². The van der Waals surface area contributed by atoms with Gasteiger partial charge in [0, 0.05) is 33.0 Å². The van der Waals surface area contributed by atoms with Crippen LogP contribution in [0.4, 0.5) is 0 Å². The number of hydrogen-bond donors (Lipinski definition) is 0. The van der Waals surface area contributed by atoms with Gasteiger partial charge in [-0.05, 0) is 82.1 Å². The molecule has 3 nitrogen and oxygen atoms in total. The van der Waals surface area contributed by atoms with Crippen molar-refractivity contribution in [2.24, 2.45) is 0 Å². The maximum Gasteiger partial charge on any atom is 0.136 e. The number of nitrogens with zero attached hydrogens (tertiary/aromatic N) is 1. The van der Waals surface area contributed by atoms with E-state index in [9.17, 15) is 0 Å². The third-order valence-electron chi connectivity index (χ3n) is 6.00. The van der Waals surface area contributed by atoms with Crippen LogP contribution < -0.4 is 4.74 Å². The first-order valence-electron chi connectivity index (χ1n) is 10.9. The average Bonchev–Trinajstić information content (AvgIpc) is 3.11. The molecule has 2 aromatic carbocycles. The van der Waals surface area contributed by atoms with Crippen LogP contribution in [-0.2, 0) is 24.2 Å². The van der Waals surface area contributed by atoms with Gasteiger partial charge in [-0.25, -0.2) is 0 Å². The van der Waals surface area contributed by atoms with Crippen LogP contribution in [0.2, 0.25) is 0 Å². The summed E-state index contributed by atoms with van der Waals surface area (Å²) in [4.78, 5) is 4.74. The smallest absolute Gasteiger partial charge is 0.136 e. The second-order valence-corrected chi connectivity index (χ2v) is 9.90. The Balaban J connectivity index is 1.56. The Morgan fingerprint density at radius 2 is 1.73 bits per heavy atom. The third-order valence-corrected chi connectivity index (χ3v) is 7.14. The summed E-state index contributed by atoms with van der Waals surface area (Å²) in [5.74, 6) is 1.94. The lowest BCUT2D eigenvalue weighted by Crippen LogP contribution is -2.25. The van der Waals surface area contributed by atoms with Gasteiger partial charge in [-0.2, -0.15) is 0 Å². The first-order valence-corrected chi connectivity index (χ1v) is 11.7. The molecule has 0 fully saturated rings. The maximum atomic E-state index is 6.46. The predicted molar refractivity (Wildman–Crippen MR) is 125 cm³/mol.